The third-order valence-electron chi connectivity index (χ3n) is 2.98. The van der Waals surface area contributed by atoms with Gasteiger partial charge in [0.05, 0.1) is 10.7 Å². The molecule has 0 saturated heterocycles. The first-order valence-electron chi connectivity index (χ1n) is 6.16. The first kappa shape index (κ1) is 13.9. The fourth-order valence-corrected chi connectivity index (χ4v) is 2.54. The highest BCUT2D eigenvalue weighted by Gasteiger charge is 2.14. The van der Waals surface area contributed by atoms with Crippen molar-refractivity contribution in [2.75, 3.05) is 0 Å². The molecule has 0 atom stereocenters. The van der Waals surface area contributed by atoms with Crippen molar-refractivity contribution in [1.29, 1.82) is 0 Å². The lowest BCUT2D eigenvalue weighted by Gasteiger charge is -2.08. The van der Waals surface area contributed by atoms with Gasteiger partial charge in [0.2, 0.25) is 0 Å². The van der Waals surface area contributed by atoms with Crippen molar-refractivity contribution >= 4 is 23.2 Å². The van der Waals surface area contributed by atoms with Crippen molar-refractivity contribution in [1.82, 2.24) is 19.7 Å². The Labute approximate surface area is 130 Å². The van der Waals surface area contributed by atoms with Crippen LogP contribution in [0.1, 0.15) is 11.4 Å². The van der Waals surface area contributed by atoms with Gasteiger partial charge in [-0.3, -0.25) is 4.98 Å². The minimum atomic E-state index is -0.349. The van der Waals surface area contributed by atoms with Crippen molar-refractivity contribution in [3.05, 3.63) is 74.6 Å². The number of aromatic amines is 1. The second-order valence-electron chi connectivity index (χ2n) is 4.41. The van der Waals surface area contributed by atoms with E-state index in [4.69, 9.17) is 23.2 Å². The van der Waals surface area contributed by atoms with Gasteiger partial charge in [-0.1, -0.05) is 29.3 Å². The third-order valence-corrected chi connectivity index (χ3v) is 3.52. The average molecular weight is 321 g/mol. The van der Waals surface area contributed by atoms with E-state index < -0.39 is 0 Å². The van der Waals surface area contributed by atoms with Crippen LogP contribution in [0, 0.1) is 0 Å². The van der Waals surface area contributed by atoms with Crippen LogP contribution in [0.5, 0.6) is 0 Å². The maximum absolute atomic E-state index is 12.0. The number of hydrogen-bond acceptors (Lipinski definition) is 3. The fraction of sp³-hybridized carbons (Fsp3) is 0.0714. The van der Waals surface area contributed by atoms with E-state index in [-0.39, 0.29) is 5.69 Å². The molecular formula is C14H10Cl2N4O. The molecule has 1 aromatic carbocycles. The summed E-state index contributed by atoms with van der Waals surface area (Å²) >= 11 is 12.1. The highest BCUT2D eigenvalue weighted by molar-refractivity contribution is 6.35. The number of nitrogens with zero attached hydrogens (tertiary/aromatic N) is 3. The first-order valence-corrected chi connectivity index (χ1v) is 6.91. The number of H-pyrrole nitrogens is 1. The lowest BCUT2D eigenvalue weighted by Crippen LogP contribution is -2.17. The number of rotatable bonds is 3. The zero-order valence-corrected chi connectivity index (χ0v) is 12.3. The molecule has 0 aliphatic heterocycles. The molecule has 0 aliphatic rings. The van der Waals surface area contributed by atoms with Crippen molar-refractivity contribution < 1.29 is 0 Å². The topological polar surface area (TPSA) is 63.6 Å². The van der Waals surface area contributed by atoms with Crippen molar-refractivity contribution in [3.8, 4) is 5.69 Å². The summed E-state index contributed by atoms with van der Waals surface area (Å²) < 4.78 is 1.44. The predicted octanol–water partition coefficient (Wildman–Crippen LogP) is 2.85. The molecular weight excluding hydrogens is 311 g/mol. The number of aromatic nitrogens is 4. The second kappa shape index (κ2) is 5.71. The highest BCUT2D eigenvalue weighted by Crippen LogP contribution is 2.24. The number of nitrogens with one attached hydrogen (secondary N) is 1. The maximum Gasteiger partial charge on any atom is 0.348 e. The summed E-state index contributed by atoms with van der Waals surface area (Å²) in [6, 6.07) is 8.70. The molecule has 21 heavy (non-hydrogen) atoms. The van der Waals surface area contributed by atoms with Crippen LogP contribution in [-0.4, -0.2) is 19.7 Å². The fourth-order valence-electron chi connectivity index (χ4n) is 2.04. The summed E-state index contributed by atoms with van der Waals surface area (Å²) in [4.78, 5) is 16.1. The van der Waals surface area contributed by atoms with Gasteiger partial charge in [0, 0.05) is 23.8 Å². The van der Waals surface area contributed by atoms with E-state index >= 15 is 0 Å². The van der Waals surface area contributed by atoms with Gasteiger partial charge in [-0.2, -0.15) is 5.10 Å². The molecule has 1 N–H and O–H groups in total. The van der Waals surface area contributed by atoms with Gasteiger partial charge in [0.15, 0.2) is 0 Å². The maximum atomic E-state index is 12.0. The summed E-state index contributed by atoms with van der Waals surface area (Å²) in [5.41, 5.74) is 1.14. The largest absolute Gasteiger partial charge is 0.348 e. The smallest absolute Gasteiger partial charge is 0.264 e. The number of pyridine rings is 1. The van der Waals surface area contributed by atoms with Crippen LogP contribution >= 0.6 is 23.2 Å². The molecule has 0 saturated carbocycles. The van der Waals surface area contributed by atoms with Gasteiger partial charge in [0.25, 0.3) is 0 Å². The molecule has 0 fully saturated rings. The summed E-state index contributed by atoms with van der Waals surface area (Å²) in [5, 5.41) is 7.40. The van der Waals surface area contributed by atoms with E-state index in [1.54, 1.807) is 30.6 Å². The van der Waals surface area contributed by atoms with Crippen molar-refractivity contribution in [2.45, 2.75) is 6.42 Å². The Hall–Kier alpha value is -2.11. The molecule has 3 aromatic rings. The lowest BCUT2D eigenvalue weighted by molar-refractivity contribution is 0.890. The molecule has 0 bridgehead atoms. The molecule has 7 heteroatoms. The summed E-state index contributed by atoms with van der Waals surface area (Å²) in [6.45, 7) is 0. The number of hydrogen-bond donors (Lipinski definition) is 1. The molecule has 2 aromatic heterocycles. The second-order valence-corrected chi connectivity index (χ2v) is 5.26. The van der Waals surface area contributed by atoms with E-state index in [9.17, 15) is 4.79 Å². The molecule has 0 spiro atoms. The highest BCUT2D eigenvalue weighted by atomic mass is 35.5. The standard InChI is InChI=1S/C14H10Cl2N4O/c15-10-3-4-12(11(16)7-10)20-13(18-19-14(20)21)6-9-2-1-5-17-8-9/h1-5,7-8H,6H2,(H,19,21). The Balaban J connectivity index is 2.07. The van der Waals surface area contributed by atoms with Crippen molar-refractivity contribution in [2.24, 2.45) is 0 Å². The Morgan fingerprint density at radius 3 is 2.81 bits per heavy atom. The summed E-state index contributed by atoms with van der Waals surface area (Å²) in [5.74, 6) is 0.553. The van der Waals surface area contributed by atoms with E-state index in [2.05, 4.69) is 15.2 Å². The minimum absolute atomic E-state index is 0.349. The molecule has 3 rings (SSSR count). The van der Waals surface area contributed by atoms with Crippen LogP contribution in [0.2, 0.25) is 10.0 Å². The Kier molecular flexibility index (Phi) is 3.77. The van der Waals surface area contributed by atoms with Gasteiger partial charge < -0.3 is 0 Å². The van der Waals surface area contributed by atoms with Crippen molar-refractivity contribution in [3.63, 3.8) is 0 Å². The Morgan fingerprint density at radius 2 is 2.10 bits per heavy atom. The van der Waals surface area contributed by atoms with E-state index in [0.29, 0.717) is 28.0 Å². The number of halogens is 2. The lowest BCUT2D eigenvalue weighted by atomic mass is 10.2. The van der Waals surface area contributed by atoms with E-state index in [1.165, 1.54) is 4.57 Å². The van der Waals surface area contributed by atoms with Gasteiger partial charge in [-0.25, -0.2) is 14.5 Å². The molecule has 2 heterocycles. The monoisotopic (exact) mass is 320 g/mol. The van der Waals surface area contributed by atoms with E-state index in [1.807, 2.05) is 12.1 Å². The third kappa shape index (κ3) is 2.84. The summed E-state index contributed by atoms with van der Waals surface area (Å²) in [6.07, 6.45) is 3.88. The first-order chi connectivity index (χ1) is 10.1. The zero-order chi connectivity index (χ0) is 14.8. The average Bonchev–Trinajstić information content (AvgIpc) is 2.81. The molecule has 0 radical (unpaired) electrons. The quantitative estimate of drug-likeness (QED) is 0.807. The predicted molar refractivity (Wildman–Crippen MR) is 81.2 cm³/mol. The van der Waals surface area contributed by atoms with Crippen LogP contribution in [-0.2, 0) is 6.42 Å². The number of benzene rings is 1. The molecule has 0 amide bonds. The van der Waals surface area contributed by atoms with Crippen LogP contribution in [0.25, 0.3) is 5.69 Å². The van der Waals surface area contributed by atoms with Crippen LogP contribution in [0.4, 0.5) is 0 Å². The Bertz CT molecular complexity index is 826. The van der Waals surface area contributed by atoms with Gasteiger partial charge in [-0.05, 0) is 29.8 Å². The van der Waals surface area contributed by atoms with Crippen LogP contribution in [0.15, 0.2) is 47.5 Å². The zero-order valence-electron chi connectivity index (χ0n) is 10.8. The van der Waals surface area contributed by atoms with Gasteiger partial charge in [-0.15, -0.1) is 0 Å². The van der Waals surface area contributed by atoms with Crippen LogP contribution in [0.3, 0.4) is 0 Å². The van der Waals surface area contributed by atoms with Gasteiger partial charge >= 0.3 is 5.69 Å². The minimum Gasteiger partial charge on any atom is -0.264 e. The van der Waals surface area contributed by atoms with Crippen LogP contribution < -0.4 is 5.69 Å². The Morgan fingerprint density at radius 1 is 1.24 bits per heavy atom. The summed E-state index contributed by atoms with van der Waals surface area (Å²) in [7, 11) is 0. The van der Waals surface area contributed by atoms with E-state index in [0.717, 1.165) is 5.56 Å². The molecule has 0 unspecified atom stereocenters. The molecule has 0 aliphatic carbocycles. The normalized spacial score (nSPS) is 10.8. The molecule has 106 valence electrons. The van der Waals surface area contributed by atoms with Gasteiger partial charge in [0.1, 0.15) is 5.82 Å². The molecule has 5 nitrogen and oxygen atoms in total. The SMILES string of the molecule is O=c1[nH]nc(Cc2cccnc2)n1-c1ccc(Cl)cc1Cl.